The van der Waals surface area contributed by atoms with E-state index in [1.165, 1.54) is 0 Å². The highest BCUT2D eigenvalue weighted by Gasteiger charge is 2.09. The van der Waals surface area contributed by atoms with Gasteiger partial charge in [-0.25, -0.2) is 4.68 Å². The Kier molecular flexibility index (Phi) is 4.39. The van der Waals surface area contributed by atoms with Gasteiger partial charge in [-0.05, 0) is 18.2 Å². The van der Waals surface area contributed by atoms with Crippen LogP contribution in [0.25, 0.3) is 5.69 Å². The number of benzene rings is 1. The highest BCUT2D eigenvalue weighted by molar-refractivity contribution is 6.32. The maximum absolute atomic E-state index is 6.12. The molecule has 0 saturated carbocycles. The van der Waals surface area contributed by atoms with Gasteiger partial charge in [0.2, 0.25) is 0 Å². The molecule has 0 bridgehead atoms. The number of ether oxygens (including phenoxy) is 1. The van der Waals surface area contributed by atoms with Gasteiger partial charge in [0, 0.05) is 12.6 Å². The topological polar surface area (TPSA) is 52.0 Å². The first kappa shape index (κ1) is 13.8. The van der Waals surface area contributed by atoms with E-state index in [0.717, 1.165) is 11.4 Å². The molecule has 1 heterocycles. The Morgan fingerprint density at radius 2 is 2.21 bits per heavy atom. The number of nitrogens with zero attached hydrogens (tertiary/aromatic N) is 3. The van der Waals surface area contributed by atoms with E-state index in [0.29, 0.717) is 23.4 Å². The molecule has 0 unspecified atom stereocenters. The standard InChI is InChI=1S/C13H17ClN4O/c1-9(2)15-7-11-8-16-17-18(11)10-4-5-13(19-3)12(14)6-10/h4-6,8-9,15H,7H2,1-3H3. The maximum Gasteiger partial charge on any atom is 0.137 e. The summed E-state index contributed by atoms with van der Waals surface area (Å²) in [6, 6.07) is 5.94. The van der Waals surface area contributed by atoms with Gasteiger partial charge in [-0.3, -0.25) is 0 Å². The van der Waals surface area contributed by atoms with Crippen LogP contribution in [0.15, 0.2) is 24.4 Å². The first-order chi connectivity index (χ1) is 9.11. The summed E-state index contributed by atoms with van der Waals surface area (Å²) in [7, 11) is 1.59. The molecule has 0 spiro atoms. The molecule has 102 valence electrons. The fourth-order valence-electron chi connectivity index (χ4n) is 1.69. The van der Waals surface area contributed by atoms with Gasteiger partial charge in [0.25, 0.3) is 0 Å². The molecule has 0 saturated heterocycles. The first-order valence-corrected chi connectivity index (χ1v) is 6.46. The van der Waals surface area contributed by atoms with Crippen LogP contribution in [0.4, 0.5) is 0 Å². The zero-order chi connectivity index (χ0) is 13.8. The lowest BCUT2D eigenvalue weighted by molar-refractivity contribution is 0.415. The van der Waals surface area contributed by atoms with Crippen molar-refractivity contribution in [3.8, 4) is 11.4 Å². The molecule has 1 aromatic carbocycles. The van der Waals surface area contributed by atoms with E-state index in [-0.39, 0.29) is 0 Å². The first-order valence-electron chi connectivity index (χ1n) is 6.08. The molecular weight excluding hydrogens is 264 g/mol. The van der Waals surface area contributed by atoms with E-state index in [1.54, 1.807) is 18.0 Å². The number of halogens is 1. The minimum Gasteiger partial charge on any atom is -0.495 e. The summed E-state index contributed by atoms with van der Waals surface area (Å²) in [5.74, 6) is 0.646. The molecule has 0 amide bonds. The molecule has 0 fully saturated rings. The van der Waals surface area contributed by atoms with Gasteiger partial charge in [0.1, 0.15) is 5.75 Å². The van der Waals surface area contributed by atoms with Crippen molar-refractivity contribution < 1.29 is 4.74 Å². The normalized spacial score (nSPS) is 11.0. The number of aromatic nitrogens is 3. The largest absolute Gasteiger partial charge is 0.495 e. The molecule has 0 aliphatic heterocycles. The Morgan fingerprint density at radius 1 is 1.42 bits per heavy atom. The van der Waals surface area contributed by atoms with Gasteiger partial charge in [-0.2, -0.15) is 0 Å². The molecule has 2 aromatic rings. The number of rotatable bonds is 5. The quantitative estimate of drug-likeness (QED) is 0.914. The van der Waals surface area contributed by atoms with Crippen LogP contribution in [0.1, 0.15) is 19.5 Å². The molecule has 0 aliphatic carbocycles. The van der Waals surface area contributed by atoms with Crippen LogP contribution >= 0.6 is 11.6 Å². The third-order valence-corrected chi connectivity index (χ3v) is 2.99. The lowest BCUT2D eigenvalue weighted by atomic mass is 10.3. The fourth-order valence-corrected chi connectivity index (χ4v) is 1.94. The zero-order valence-electron chi connectivity index (χ0n) is 11.2. The van der Waals surface area contributed by atoms with E-state index >= 15 is 0 Å². The Bertz CT molecular complexity index is 553. The minimum absolute atomic E-state index is 0.405. The van der Waals surface area contributed by atoms with Crippen LogP contribution in [0.5, 0.6) is 5.75 Å². The van der Waals surface area contributed by atoms with Gasteiger partial charge in [0.05, 0.1) is 29.7 Å². The van der Waals surface area contributed by atoms with Gasteiger partial charge < -0.3 is 10.1 Å². The minimum atomic E-state index is 0.405. The van der Waals surface area contributed by atoms with Crippen molar-refractivity contribution in [2.75, 3.05) is 7.11 Å². The molecule has 0 atom stereocenters. The second kappa shape index (κ2) is 6.04. The van der Waals surface area contributed by atoms with E-state index < -0.39 is 0 Å². The van der Waals surface area contributed by atoms with Gasteiger partial charge in [-0.1, -0.05) is 30.7 Å². The lowest BCUT2D eigenvalue weighted by Gasteiger charge is -2.11. The van der Waals surface area contributed by atoms with Crippen molar-refractivity contribution in [3.63, 3.8) is 0 Å². The Hall–Kier alpha value is -1.59. The van der Waals surface area contributed by atoms with Gasteiger partial charge in [0.15, 0.2) is 0 Å². The Labute approximate surface area is 117 Å². The molecule has 1 aromatic heterocycles. The summed E-state index contributed by atoms with van der Waals surface area (Å²) in [6.07, 6.45) is 1.74. The van der Waals surface area contributed by atoms with Crippen LogP contribution in [0.2, 0.25) is 5.02 Å². The van der Waals surface area contributed by atoms with E-state index in [9.17, 15) is 0 Å². The summed E-state index contributed by atoms with van der Waals surface area (Å²) < 4.78 is 6.90. The molecule has 0 aliphatic rings. The summed E-state index contributed by atoms with van der Waals surface area (Å²) in [6.45, 7) is 4.89. The fraction of sp³-hybridized carbons (Fsp3) is 0.385. The van der Waals surface area contributed by atoms with Crippen molar-refractivity contribution >= 4 is 11.6 Å². The Balaban J connectivity index is 2.27. The summed E-state index contributed by atoms with van der Waals surface area (Å²) in [5, 5.41) is 11.9. The molecule has 2 rings (SSSR count). The summed E-state index contributed by atoms with van der Waals surface area (Å²) >= 11 is 6.12. The van der Waals surface area contributed by atoms with Crippen LogP contribution in [0, 0.1) is 0 Å². The number of hydrogen-bond donors (Lipinski definition) is 1. The van der Waals surface area contributed by atoms with Crippen molar-refractivity contribution in [2.45, 2.75) is 26.4 Å². The Morgan fingerprint density at radius 3 is 2.84 bits per heavy atom. The smallest absolute Gasteiger partial charge is 0.137 e. The number of hydrogen-bond acceptors (Lipinski definition) is 4. The predicted molar refractivity (Wildman–Crippen MR) is 74.9 cm³/mol. The summed E-state index contributed by atoms with van der Waals surface area (Å²) in [4.78, 5) is 0. The number of methoxy groups -OCH3 is 1. The third-order valence-electron chi connectivity index (χ3n) is 2.69. The predicted octanol–water partition coefficient (Wildman–Crippen LogP) is 2.43. The lowest BCUT2D eigenvalue weighted by Crippen LogP contribution is -2.23. The molecule has 5 nitrogen and oxygen atoms in total. The van der Waals surface area contributed by atoms with Gasteiger partial charge >= 0.3 is 0 Å². The van der Waals surface area contributed by atoms with Crippen LogP contribution < -0.4 is 10.1 Å². The van der Waals surface area contributed by atoms with E-state index in [1.807, 2.05) is 18.2 Å². The van der Waals surface area contributed by atoms with Crippen molar-refractivity contribution in [3.05, 3.63) is 35.1 Å². The second-order valence-corrected chi connectivity index (χ2v) is 4.90. The average Bonchev–Trinajstić information content (AvgIpc) is 2.84. The zero-order valence-corrected chi connectivity index (χ0v) is 12.0. The average molecular weight is 281 g/mol. The third kappa shape index (κ3) is 3.24. The monoisotopic (exact) mass is 280 g/mol. The molecule has 0 radical (unpaired) electrons. The van der Waals surface area contributed by atoms with Crippen LogP contribution in [-0.4, -0.2) is 28.1 Å². The SMILES string of the molecule is COc1ccc(-n2nncc2CNC(C)C)cc1Cl. The van der Waals surface area contributed by atoms with Crippen molar-refractivity contribution in [1.82, 2.24) is 20.3 Å². The molecule has 19 heavy (non-hydrogen) atoms. The summed E-state index contributed by atoms with van der Waals surface area (Å²) in [5.41, 5.74) is 1.85. The molecule has 1 N–H and O–H groups in total. The number of nitrogens with one attached hydrogen (secondary N) is 1. The van der Waals surface area contributed by atoms with E-state index in [2.05, 4.69) is 29.5 Å². The van der Waals surface area contributed by atoms with Crippen molar-refractivity contribution in [2.24, 2.45) is 0 Å². The second-order valence-electron chi connectivity index (χ2n) is 4.49. The molecule has 6 heteroatoms. The van der Waals surface area contributed by atoms with Gasteiger partial charge in [-0.15, -0.1) is 5.10 Å². The van der Waals surface area contributed by atoms with Crippen molar-refractivity contribution in [1.29, 1.82) is 0 Å². The maximum atomic E-state index is 6.12. The van der Waals surface area contributed by atoms with Crippen LogP contribution in [-0.2, 0) is 6.54 Å². The molecular formula is C13H17ClN4O. The van der Waals surface area contributed by atoms with E-state index in [4.69, 9.17) is 16.3 Å². The highest BCUT2D eigenvalue weighted by atomic mass is 35.5. The van der Waals surface area contributed by atoms with Crippen LogP contribution in [0.3, 0.4) is 0 Å². The highest BCUT2D eigenvalue weighted by Crippen LogP contribution is 2.26.